The highest BCUT2D eigenvalue weighted by Gasteiger charge is 2.38. The van der Waals surface area contributed by atoms with Gasteiger partial charge in [0.05, 0.1) is 5.56 Å². The number of nitrogens with zero attached hydrogens (tertiary/aromatic N) is 1. The fraction of sp³-hybridized carbons (Fsp3) is 0.625. The summed E-state index contributed by atoms with van der Waals surface area (Å²) in [7, 11) is 0. The predicted molar refractivity (Wildman–Crippen MR) is 81.6 cm³/mol. The van der Waals surface area contributed by atoms with Gasteiger partial charge in [0.25, 0.3) is 5.91 Å². The Morgan fingerprint density at radius 2 is 1.90 bits per heavy atom. The summed E-state index contributed by atoms with van der Waals surface area (Å²) >= 11 is 0. The molecule has 3 N–H and O–H groups in total. The molecule has 1 aliphatic carbocycles. The van der Waals surface area contributed by atoms with E-state index in [1.165, 1.54) is 6.42 Å². The minimum atomic E-state index is -0.435. The number of rotatable bonds is 3. The monoisotopic (exact) mass is 275 g/mol. The summed E-state index contributed by atoms with van der Waals surface area (Å²) in [6, 6.07) is 3.78. The van der Waals surface area contributed by atoms with Gasteiger partial charge in [0.2, 0.25) is 0 Å². The molecule has 1 aromatic rings. The van der Waals surface area contributed by atoms with Crippen molar-refractivity contribution >= 4 is 11.7 Å². The van der Waals surface area contributed by atoms with Crippen molar-refractivity contribution in [3.63, 3.8) is 0 Å². The van der Waals surface area contributed by atoms with Crippen LogP contribution in [0.1, 0.15) is 57.3 Å². The number of hydrogen-bond donors (Lipinski definition) is 2. The van der Waals surface area contributed by atoms with Crippen LogP contribution < -0.4 is 11.1 Å². The molecule has 4 nitrogen and oxygen atoms in total. The highest BCUT2D eigenvalue weighted by atomic mass is 16.1. The van der Waals surface area contributed by atoms with Crippen molar-refractivity contribution < 1.29 is 4.79 Å². The number of anilines is 1. The third-order valence-electron chi connectivity index (χ3n) is 3.97. The van der Waals surface area contributed by atoms with Crippen molar-refractivity contribution in [2.75, 3.05) is 5.32 Å². The molecule has 0 aliphatic heterocycles. The smallest absolute Gasteiger partial charge is 0.252 e. The molecule has 0 aromatic carbocycles. The van der Waals surface area contributed by atoms with E-state index in [0.29, 0.717) is 28.3 Å². The Morgan fingerprint density at radius 3 is 2.45 bits per heavy atom. The number of nitrogens with one attached hydrogen (secondary N) is 1. The summed E-state index contributed by atoms with van der Waals surface area (Å²) in [6.07, 6.45) is 5.05. The van der Waals surface area contributed by atoms with Gasteiger partial charge >= 0.3 is 0 Å². The Balaban J connectivity index is 2.20. The van der Waals surface area contributed by atoms with Crippen molar-refractivity contribution in [2.45, 2.75) is 53.0 Å². The molecule has 20 heavy (non-hydrogen) atoms. The third kappa shape index (κ3) is 3.50. The number of primary amides is 1. The lowest BCUT2D eigenvalue weighted by atomic mass is 9.63. The number of amides is 1. The lowest BCUT2D eigenvalue weighted by molar-refractivity contribution is 0.0999. The van der Waals surface area contributed by atoms with Crippen LogP contribution in [0.2, 0.25) is 0 Å². The van der Waals surface area contributed by atoms with Crippen LogP contribution >= 0.6 is 0 Å². The molecule has 0 saturated heterocycles. The van der Waals surface area contributed by atoms with Crippen LogP contribution in [0.4, 0.5) is 5.82 Å². The molecule has 0 bridgehead atoms. The lowest BCUT2D eigenvalue weighted by Crippen LogP contribution is -2.40. The zero-order valence-corrected chi connectivity index (χ0v) is 12.9. The Morgan fingerprint density at radius 1 is 1.30 bits per heavy atom. The van der Waals surface area contributed by atoms with Crippen LogP contribution in [-0.4, -0.2) is 16.9 Å². The minimum Gasteiger partial charge on any atom is -0.367 e. The SMILES string of the molecule is CC1(C)CC(Nc2ncccc2C(N)=O)CC(C)(C)C1. The maximum absolute atomic E-state index is 11.5. The molecule has 2 rings (SSSR count). The molecule has 1 aliphatic rings. The average molecular weight is 275 g/mol. The number of aromatic nitrogens is 1. The third-order valence-corrected chi connectivity index (χ3v) is 3.97. The molecular formula is C16H25N3O. The molecule has 1 aromatic heterocycles. The van der Waals surface area contributed by atoms with Crippen molar-refractivity contribution in [3.8, 4) is 0 Å². The topological polar surface area (TPSA) is 68.0 Å². The number of hydrogen-bond acceptors (Lipinski definition) is 3. The van der Waals surface area contributed by atoms with Crippen LogP contribution in [0.3, 0.4) is 0 Å². The molecule has 1 amide bonds. The van der Waals surface area contributed by atoms with Crippen LogP contribution in [0.5, 0.6) is 0 Å². The first-order valence-corrected chi connectivity index (χ1v) is 7.20. The first kappa shape index (κ1) is 14.8. The maximum atomic E-state index is 11.5. The van der Waals surface area contributed by atoms with Crippen LogP contribution in [0.15, 0.2) is 18.3 Å². The maximum Gasteiger partial charge on any atom is 0.252 e. The standard InChI is InChI=1S/C16H25N3O/c1-15(2)8-11(9-16(3,4)10-15)19-14-12(13(17)20)6-5-7-18-14/h5-7,11H,8-10H2,1-4H3,(H2,17,20)(H,18,19). The Bertz CT molecular complexity index is 492. The fourth-order valence-electron chi connectivity index (χ4n) is 3.86. The fourth-order valence-corrected chi connectivity index (χ4v) is 3.86. The first-order valence-electron chi connectivity index (χ1n) is 7.20. The quantitative estimate of drug-likeness (QED) is 0.890. The molecular weight excluding hydrogens is 250 g/mol. The van der Waals surface area contributed by atoms with E-state index in [2.05, 4.69) is 38.0 Å². The zero-order valence-electron chi connectivity index (χ0n) is 12.9. The Labute approximate surface area is 121 Å². The van der Waals surface area contributed by atoms with E-state index in [0.717, 1.165) is 12.8 Å². The molecule has 0 unspecified atom stereocenters. The van der Waals surface area contributed by atoms with Crippen molar-refractivity contribution in [3.05, 3.63) is 23.9 Å². The molecule has 0 radical (unpaired) electrons. The molecule has 0 spiro atoms. The lowest BCUT2D eigenvalue weighted by Gasteiger charge is -2.45. The molecule has 110 valence electrons. The summed E-state index contributed by atoms with van der Waals surface area (Å²) in [4.78, 5) is 15.7. The van der Waals surface area contributed by atoms with Crippen molar-refractivity contribution in [1.82, 2.24) is 4.98 Å². The molecule has 1 saturated carbocycles. The van der Waals surface area contributed by atoms with E-state index < -0.39 is 5.91 Å². The van der Waals surface area contributed by atoms with Gasteiger partial charge < -0.3 is 11.1 Å². The van der Waals surface area contributed by atoms with E-state index in [1.807, 2.05) is 0 Å². The van der Waals surface area contributed by atoms with E-state index in [1.54, 1.807) is 18.3 Å². The molecule has 0 atom stereocenters. The van der Waals surface area contributed by atoms with Crippen LogP contribution in [-0.2, 0) is 0 Å². The normalized spacial score (nSPS) is 21.4. The summed E-state index contributed by atoms with van der Waals surface area (Å²) in [5.74, 6) is 0.174. The van der Waals surface area contributed by atoms with Crippen molar-refractivity contribution in [2.24, 2.45) is 16.6 Å². The summed E-state index contributed by atoms with van der Waals surface area (Å²) in [5, 5.41) is 3.43. The molecule has 1 heterocycles. The zero-order chi connectivity index (χ0) is 15.0. The van der Waals surface area contributed by atoms with Gasteiger partial charge in [0.15, 0.2) is 0 Å². The van der Waals surface area contributed by atoms with Gasteiger partial charge in [-0.3, -0.25) is 4.79 Å². The largest absolute Gasteiger partial charge is 0.367 e. The second-order valence-corrected chi connectivity index (χ2v) is 7.52. The minimum absolute atomic E-state index is 0.293. The molecule has 1 fully saturated rings. The van der Waals surface area contributed by atoms with Gasteiger partial charge in [0.1, 0.15) is 5.82 Å². The van der Waals surface area contributed by atoms with Crippen LogP contribution in [0, 0.1) is 10.8 Å². The first-order chi connectivity index (χ1) is 9.19. The van der Waals surface area contributed by atoms with Gasteiger partial charge in [-0.05, 0) is 42.2 Å². The van der Waals surface area contributed by atoms with E-state index in [9.17, 15) is 4.79 Å². The number of carbonyl (C=O) groups is 1. The van der Waals surface area contributed by atoms with Gasteiger partial charge in [-0.25, -0.2) is 4.98 Å². The summed E-state index contributed by atoms with van der Waals surface area (Å²) < 4.78 is 0. The Hall–Kier alpha value is -1.58. The highest BCUT2D eigenvalue weighted by Crippen LogP contribution is 2.46. The van der Waals surface area contributed by atoms with Gasteiger partial charge in [-0.1, -0.05) is 27.7 Å². The molecule has 4 heteroatoms. The highest BCUT2D eigenvalue weighted by molar-refractivity contribution is 5.97. The number of pyridine rings is 1. The van der Waals surface area contributed by atoms with Crippen molar-refractivity contribution in [1.29, 1.82) is 0 Å². The Kier molecular flexibility index (Phi) is 3.76. The predicted octanol–water partition coefficient (Wildman–Crippen LogP) is 3.20. The van der Waals surface area contributed by atoms with Crippen LogP contribution in [0.25, 0.3) is 0 Å². The summed E-state index contributed by atoms with van der Waals surface area (Å²) in [5.41, 5.74) is 6.46. The van der Waals surface area contributed by atoms with Gasteiger partial charge in [0, 0.05) is 12.2 Å². The van der Waals surface area contributed by atoms with E-state index in [4.69, 9.17) is 5.73 Å². The van der Waals surface area contributed by atoms with Gasteiger partial charge in [-0.2, -0.15) is 0 Å². The van der Waals surface area contributed by atoms with Gasteiger partial charge in [-0.15, -0.1) is 0 Å². The van der Waals surface area contributed by atoms with E-state index >= 15 is 0 Å². The van der Waals surface area contributed by atoms with E-state index in [-0.39, 0.29) is 0 Å². The second kappa shape index (κ2) is 5.08. The average Bonchev–Trinajstić information content (AvgIpc) is 2.24. The second-order valence-electron chi connectivity index (χ2n) is 7.52. The number of carbonyl (C=O) groups excluding carboxylic acids is 1. The number of nitrogens with two attached hydrogens (primary N) is 1. The summed E-state index contributed by atoms with van der Waals surface area (Å²) in [6.45, 7) is 9.21.